The van der Waals surface area contributed by atoms with Crippen molar-refractivity contribution in [1.29, 1.82) is 0 Å². The van der Waals surface area contributed by atoms with Crippen LogP contribution in [0.4, 0.5) is 0 Å². The lowest BCUT2D eigenvalue weighted by Crippen LogP contribution is -2.35. The second kappa shape index (κ2) is 5.74. The third kappa shape index (κ3) is 3.35. The van der Waals surface area contributed by atoms with Crippen molar-refractivity contribution in [1.82, 2.24) is 10.2 Å². The molecule has 1 saturated carbocycles. The number of amides is 1. The van der Waals surface area contributed by atoms with E-state index in [1.54, 1.807) is 0 Å². The second-order valence-electron chi connectivity index (χ2n) is 5.70. The zero-order valence-electron chi connectivity index (χ0n) is 11.4. The van der Waals surface area contributed by atoms with Gasteiger partial charge in [-0.2, -0.15) is 0 Å². The summed E-state index contributed by atoms with van der Waals surface area (Å²) in [6, 6.07) is 8.83. The lowest BCUT2D eigenvalue weighted by Gasteiger charge is -2.26. The summed E-state index contributed by atoms with van der Waals surface area (Å²) < 4.78 is 0. The predicted molar refractivity (Wildman–Crippen MR) is 76.1 cm³/mol. The van der Waals surface area contributed by atoms with Crippen molar-refractivity contribution in [2.75, 3.05) is 13.1 Å². The van der Waals surface area contributed by atoms with Gasteiger partial charge in [0.25, 0.3) is 5.91 Å². The fourth-order valence-corrected chi connectivity index (χ4v) is 2.59. The molecule has 1 N–H and O–H groups in total. The lowest BCUT2D eigenvalue weighted by molar-refractivity contribution is 0.0724. The van der Waals surface area contributed by atoms with Crippen molar-refractivity contribution >= 4 is 5.91 Å². The molecule has 0 atom stereocenters. The molecule has 1 heterocycles. The summed E-state index contributed by atoms with van der Waals surface area (Å²) in [6.07, 6.45) is 6.18. The minimum Gasteiger partial charge on any atom is -0.339 e. The number of benzene rings is 1. The summed E-state index contributed by atoms with van der Waals surface area (Å²) in [6.45, 7) is 2.76. The number of hydrogen-bond acceptors (Lipinski definition) is 2. The Bertz CT molecular complexity index is 431. The molecule has 1 aromatic carbocycles. The van der Waals surface area contributed by atoms with E-state index in [1.807, 2.05) is 17.0 Å². The third-order valence-electron chi connectivity index (χ3n) is 4.02. The molecule has 1 aliphatic carbocycles. The maximum Gasteiger partial charge on any atom is 0.253 e. The summed E-state index contributed by atoms with van der Waals surface area (Å²) >= 11 is 0. The molecule has 2 aliphatic rings. The van der Waals surface area contributed by atoms with E-state index in [-0.39, 0.29) is 5.91 Å². The third-order valence-corrected chi connectivity index (χ3v) is 4.02. The Hall–Kier alpha value is -1.35. The zero-order chi connectivity index (χ0) is 13.1. The van der Waals surface area contributed by atoms with E-state index in [1.165, 1.54) is 24.8 Å². The first kappa shape index (κ1) is 12.7. The van der Waals surface area contributed by atoms with Crippen LogP contribution in [-0.2, 0) is 6.54 Å². The van der Waals surface area contributed by atoms with Gasteiger partial charge >= 0.3 is 0 Å². The largest absolute Gasteiger partial charge is 0.339 e. The van der Waals surface area contributed by atoms with Crippen molar-refractivity contribution < 1.29 is 4.79 Å². The molecular weight excluding hydrogens is 236 g/mol. The average molecular weight is 258 g/mol. The predicted octanol–water partition coefficient (Wildman–Crippen LogP) is 2.56. The fourth-order valence-electron chi connectivity index (χ4n) is 2.59. The standard InChI is InChI=1S/C16H22N2O/c19-16(18-10-2-1-3-11-18)14-6-4-13(5-7-14)12-17-15-8-9-15/h4-7,15,17H,1-3,8-12H2. The monoisotopic (exact) mass is 258 g/mol. The number of nitrogens with zero attached hydrogens (tertiary/aromatic N) is 1. The summed E-state index contributed by atoms with van der Waals surface area (Å²) in [5.41, 5.74) is 2.10. The van der Waals surface area contributed by atoms with Crippen molar-refractivity contribution in [3.63, 3.8) is 0 Å². The summed E-state index contributed by atoms with van der Waals surface area (Å²) in [7, 11) is 0. The molecule has 2 fully saturated rings. The fraction of sp³-hybridized carbons (Fsp3) is 0.562. The van der Waals surface area contributed by atoms with Crippen molar-refractivity contribution in [2.45, 2.75) is 44.7 Å². The van der Waals surface area contributed by atoms with E-state index in [0.29, 0.717) is 0 Å². The van der Waals surface area contributed by atoms with E-state index in [9.17, 15) is 4.79 Å². The molecule has 3 nitrogen and oxygen atoms in total. The first-order valence-corrected chi connectivity index (χ1v) is 7.44. The van der Waals surface area contributed by atoms with Gasteiger partial charge in [-0.05, 0) is 49.8 Å². The number of rotatable bonds is 4. The smallest absolute Gasteiger partial charge is 0.253 e. The Kier molecular flexibility index (Phi) is 3.83. The average Bonchev–Trinajstić information content (AvgIpc) is 3.30. The van der Waals surface area contributed by atoms with E-state index in [2.05, 4.69) is 17.4 Å². The van der Waals surface area contributed by atoms with Crippen LogP contribution in [0.2, 0.25) is 0 Å². The number of carbonyl (C=O) groups excluding carboxylic acids is 1. The van der Waals surface area contributed by atoms with Gasteiger partial charge in [0.05, 0.1) is 0 Å². The highest BCUT2D eigenvalue weighted by Crippen LogP contribution is 2.19. The first-order valence-electron chi connectivity index (χ1n) is 7.44. The zero-order valence-corrected chi connectivity index (χ0v) is 11.4. The molecule has 0 bridgehead atoms. The Balaban J connectivity index is 1.58. The van der Waals surface area contributed by atoms with Crippen LogP contribution in [0.3, 0.4) is 0 Å². The van der Waals surface area contributed by atoms with Crippen LogP contribution in [0.1, 0.15) is 48.0 Å². The van der Waals surface area contributed by atoms with Crippen LogP contribution < -0.4 is 5.32 Å². The molecule has 0 spiro atoms. The number of carbonyl (C=O) groups is 1. The van der Waals surface area contributed by atoms with E-state index >= 15 is 0 Å². The van der Waals surface area contributed by atoms with Crippen LogP contribution in [-0.4, -0.2) is 29.9 Å². The lowest BCUT2D eigenvalue weighted by atomic mass is 10.1. The van der Waals surface area contributed by atoms with Crippen LogP contribution >= 0.6 is 0 Å². The van der Waals surface area contributed by atoms with Gasteiger partial charge in [-0.15, -0.1) is 0 Å². The molecule has 3 rings (SSSR count). The van der Waals surface area contributed by atoms with Gasteiger partial charge in [0.15, 0.2) is 0 Å². The van der Waals surface area contributed by atoms with Crippen LogP contribution in [0.15, 0.2) is 24.3 Å². The molecule has 1 aromatic rings. The molecule has 0 aromatic heterocycles. The van der Waals surface area contributed by atoms with Crippen LogP contribution in [0, 0.1) is 0 Å². The topological polar surface area (TPSA) is 32.3 Å². The molecule has 1 amide bonds. The van der Waals surface area contributed by atoms with E-state index < -0.39 is 0 Å². The SMILES string of the molecule is O=C(c1ccc(CNC2CC2)cc1)N1CCCCC1. The van der Waals surface area contributed by atoms with Crippen molar-refractivity contribution in [3.8, 4) is 0 Å². The van der Waals surface area contributed by atoms with Crippen molar-refractivity contribution in [2.24, 2.45) is 0 Å². The van der Waals surface area contributed by atoms with Crippen LogP contribution in [0.25, 0.3) is 0 Å². The minimum absolute atomic E-state index is 0.196. The van der Waals surface area contributed by atoms with Gasteiger partial charge in [0.1, 0.15) is 0 Å². The number of nitrogens with one attached hydrogen (secondary N) is 1. The van der Waals surface area contributed by atoms with Gasteiger partial charge in [-0.25, -0.2) is 0 Å². The molecule has 19 heavy (non-hydrogen) atoms. The highest BCUT2D eigenvalue weighted by molar-refractivity contribution is 5.94. The number of likely N-dealkylation sites (tertiary alicyclic amines) is 1. The Labute approximate surface area is 115 Å². The van der Waals surface area contributed by atoms with Gasteiger partial charge < -0.3 is 10.2 Å². The Morgan fingerprint density at radius 2 is 1.79 bits per heavy atom. The molecule has 1 aliphatic heterocycles. The summed E-state index contributed by atoms with van der Waals surface area (Å²) in [5.74, 6) is 0.196. The second-order valence-corrected chi connectivity index (χ2v) is 5.70. The molecule has 1 saturated heterocycles. The molecule has 102 valence electrons. The van der Waals surface area contributed by atoms with E-state index in [4.69, 9.17) is 0 Å². The first-order chi connectivity index (χ1) is 9.33. The highest BCUT2D eigenvalue weighted by Gasteiger charge is 2.20. The maximum absolute atomic E-state index is 12.3. The summed E-state index contributed by atoms with van der Waals surface area (Å²) in [5, 5.41) is 3.49. The van der Waals surface area contributed by atoms with Gasteiger partial charge in [0.2, 0.25) is 0 Å². The molecule has 0 radical (unpaired) electrons. The minimum atomic E-state index is 0.196. The van der Waals surface area contributed by atoms with Gasteiger partial charge in [-0.1, -0.05) is 12.1 Å². The quantitative estimate of drug-likeness (QED) is 0.900. The van der Waals surface area contributed by atoms with Crippen molar-refractivity contribution in [3.05, 3.63) is 35.4 Å². The number of piperidine rings is 1. The Morgan fingerprint density at radius 3 is 2.42 bits per heavy atom. The maximum atomic E-state index is 12.3. The number of hydrogen-bond donors (Lipinski definition) is 1. The molecule has 3 heteroatoms. The van der Waals surface area contributed by atoms with Gasteiger partial charge in [0, 0.05) is 31.2 Å². The van der Waals surface area contributed by atoms with Crippen LogP contribution in [0.5, 0.6) is 0 Å². The van der Waals surface area contributed by atoms with Gasteiger partial charge in [-0.3, -0.25) is 4.79 Å². The van der Waals surface area contributed by atoms with E-state index in [0.717, 1.165) is 44.1 Å². The normalized spacial score (nSPS) is 19.5. The summed E-state index contributed by atoms with van der Waals surface area (Å²) in [4.78, 5) is 14.3. The molecular formula is C16H22N2O. The molecule has 0 unspecified atom stereocenters. The Morgan fingerprint density at radius 1 is 1.11 bits per heavy atom. The highest BCUT2D eigenvalue weighted by atomic mass is 16.2.